The molecular weight excluding hydrogens is 973 g/mol. The number of carbonyl (C=O) groups excluding carboxylic acids is 3. The molecule has 1 spiro atoms. The molecule has 16 nitrogen and oxygen atoms in total. The van der Waals surface area contributed by atoms with Gasteiger partial charge in [0.25, 0.3) is 0 Å². The number of unbranched alkanes of at least 4 members (excludes halogenated alkanes) is 2. The number of piperidine rings is 1. The molecule has 7 N–H and O–H groups in total. The van der Waals surface area contributed by atoms with E-state index in [1.54, 1.807) is 14.0 Å². The number of methoxy groups -OCH3 is 1. The molecule has 4 aliphatic heterocycles. The van der Waals surface area contributed by atoms with Crippen LogP contribution in [0, 0.1) is 41.4 Å². The van der Waals surface area contributed by atoms with Gasteiger partial charge in [-0.2, -0.15) is 0 Å². The predicted octanol–water partition coefficient (Wildman–Crippen LogP) is 6.04. The quantitative estimate of drug-likeness (QED) is 0.0354. The molecule has 76 heavy (non-hydrogen) atoms. The number of aromatic amines is 1. The third-order valence-electron chi connectivity index (χ3n) is 18.5. The largest absolute Gasteiger partial charge is 0.492 e. The molecule has 16 heteroatoms. The summed E-state index contributed by atoms with van der Waals surface area (Å²) in [4.78, 5) is 48.5. The molecule has 2 aromatic carbocycles. The number of aliphatic hydroxyl groups excluding tert-OH is 5. The molecule has 1 saturated heterocycles. The number of Topliss-reactive ketones (excluding diaryl/α,β-unsaturated/α-hetero) is 1. The number of esters is 1. The fourth-order valence-corrected chi connectivity index (χ4v) is 15.0. The minimum atomic E-state index is -1.65. The second-order valence-electron chi connectivity index (χ2n) is 22.7. The number of nitrogens with zero attached hydrogens (tertiary/aromatic N) is 1. The van der Waals surface area contributed by atoms with Crippen molar-refractivity contribution in [1.82, 2.24) is 9.88 Å². The number of rotatable bonds is 17. The van der Waals surface area contributed by atoms with Crippen molar-refractivity contribution >= 4 is 34.5 Å². The van der Waals surface area contributed by atoms with Crippen molar-refractivity contribution in [3.63, 3.8) is 0 Å². The van der Waals surface area contributed by atoms with Crippen LogP contribution < -0.4 is 14.2 Å². The van der Waals surface area contributed by atoms with Crippen LogP contribution in [0.3, 0.4) is 0 Å². The highest BCUT2D eigenvalue weighted by Crippen LogP contribution is 2.65. The lowest BCUT2D eigenvalue weighted by molar-refractivity contribution is -0.250. The molecule has 412 valence electrons. The zero-order valence-corrected chi connectivity index (χ0v) is 44.4. The first-order valence-corrected chi connectivity index (χ1v) is 28.1. The number of aryl methyl sites for hydroxylation is 1. The van der Waals surface area contributed by atoms with E-state index >= 15 is 0 Å². The van der Waals surface area contributed by atoms with E-state index < -0.39 is 65.9 Å². The number of hydrogen-bond acceptors (Lipinski definition) is 15. The van der Waals surface area contributed by atoms with Gasteiger partial charge in [-0.05, 0) is 136 Å². The van der Waals surface area contributed by atoms with Crippen LogP contribution in [0.15, 0.2) is 53.5 Å². The molecular formula is C60H78N2O14. The van der Waals surface area contributed by atoms with E-state index in [9.17, 15) is 45.0 Å². The summed E-state index contributed by atoms with van der Waals surface area (Å²) >= 11 is 0. The summed E-state index contributed by atoms with van der Waals surface area (Å²) in [5.74, 6) is -4.80. The fourth-order valence-electron chi connectivity index (χ4n) is 15.0. The Balaban J connectivity index is 1.20. The number of aliphatic hydroxyl groups is 6. The molecule has 10 rings (SSSR count). The number of likely N-dealkylation sites (tertiary alicyclic amines) is 1. The van der Waals surface area contributed by atoms with Crippen molar-refractivity contribution in [2.75, 3.05) is 66.4 Å². The van der Waals surface area contributed by atoms with E-state index in [0.717, 1.165) is 54.3 Å². The van der Waals surface area contributed by atoms with Gasteiger partial charge in [-0.15, -0.1) is 0 Å². The van der Waals surface area contributed by atoms with Crippen LogP contribution in [0.2, 0.25) is 0 Å². The van der Waals surface area contributed by atoms with Gasteiger partial charge in [0.2, 0.25) is 5.76 Å². The summed E-state index contributed by atoms with van der Waals surface area (Å²) in [6, 6.07) is 5.98. The molecule has 1 aromatic heterocycles. The number of carbonyl (C=O) groups is 3. The van der Waals surface area contributed by atoms with Crippen molar-refractivity contribution in [1.29, 1.82) is 0 Å². The third kappa shape index (κ3) is 9.35. The molecule has 3 aliphatic carbocycles. The maximum absolute atomic E-state index is 14.7. The molecule has 5 heterocycles. The summed E-state index contributed by atoms with van der Waals surface area (Å²) in [7, 11) is 1.70. The van der Waals surface area contributed by atoms with Gasteiger partial charge in [-0.3, -0.25) is 9.59 Å². The number of H-pyrrole nitrogens is 1. The molecule has 3 fully saturated rings. The number of ether oxygens (including phenoxy) is 5. The van der Waals surface area contributed by atoms with Crippen molar-refractivity contribution in [2.45, 2.75) is 127 Å². The molecule has 2 bridgehead atoms. The van der Waals surface area contributed by atoms with Gasteiger partial charge in [0.05, 0.1) is 49.2 Å². The Bertz CT molecular complexity index is 2760. The number of nitrogens with one attached hydrogen (secondary N) is 1. The van der Waals surface area contributed by atoms with Crippen LogP contribution in [0.4, 0.5) is 0 Å². The Morgan fingerprint density at radius 1 is 1.05 bits per heavy atom. The monoisotopic (exact) mass is 1050 g/mol. The highest BCUT2D eigenvalue weighted by molar-refractivity contribution is 6.11. The minimum absolute atomic E-state index is 0.0140. The summed E-state index contributed by atoms with van der Waals surface area (Å²) in [6.07, 6.45) is 12.5. The van der Waals surface area contributed by atoms with Crippen LogP contribution in [0.25, 0.3) is 16.5 Å². The second kappa shape index (κ2) is 22.8. The van der Waals surface area contributed by atoms with Gasteiger partial charge >= 0.3 is 5.97 Å². The number of ketones is 1. The van der Waals surface area contributed by atoms with Crippen LogP contribution in [-0.4, -0.2) is 142 Å². The lowest BCUT2D eigenvalue weighted by Gasteiger charge is -2.64. The van der Waals surface area contributed by atoms with E-state index in [0.29, 0.717) is 75.6 Å². The van der Waals surface area contributed by atoms with E-state index in [-0.39, 0.29) is 115 Å². The average Bonchev–Trinajstić information content (AvgIpc) is 4.17. The van der Waals surface area contributed by atoms with E-state index in [1.807, 2.05) is 36.5 Å². The highest BCUT2D eigenvalue weighted by atomic mass is 16.6. The zero-order chi connectivity index (χ0) is 53.5. The predicted molar refractivity (Wildman–Crippen MR) is 283 cm³/mol. The minimum Gasteiger partial charge on any atom is -0.492 e. The number of benzene rings is 2. The Kier molecular flexibility index (Phi) is 16.3. The standard InChI is InChI=1S/C60H78N2O14/c1-4-6-7-9-49(68)43-25-39-28-62(18-8-21-72-3)19-14-47(39)60(71)52(43)35(15-20-63)12-16-59(60)27-44-54(76-59)46(32-67)56-51-50(45(31-66)57(75-56)58(70)73-5-2)38-22-40(30-65)53(69)42(24-38)41-23-37-13-17-61-48(37)26-36(41)11-10-34(29-64)33-74-55(44)51/h12-13,16-17,23,26,31,34-35,39-40,42-43,47,49,52,61,63-65,67-68,71H,4-11,14-15,18-22,24-25,27-30,32-33H2,1-3H3/t34-,35+,39-,40+,42+,43+,47+,49+,52+,59+,60+/m1/s1. The topological polar surface area (TPSA) is 238 Å². The summed E-state index contributed by atoms with van der Waals surface area (Å²) in [6.45, 7) is 5.03. The van der Waals surface area contributed by atoms with Gasteiger partial charge in [0.1, 0.15) is 28.6 Å². The van der Waals surface area contributed by atoms with Gasteiger partial charge in [0, 0.05) is 93.0 Å². The van der Waals surface area contributed by atoms with Gasteiger partial charge in [0.15, 0.2) is 11.9 Å². The fraction of sp³-hybridized carbons (Fsp3) is 0.617. The van der Waals surface area contributed by atoms with Crippen molar-refractivity contribution in [2.24, 2.45) is 41.4 Å². The van der Waals surface area contributed by atoms with Crippen LogP contribution >= 0.6 is 0 Å². The smallest absolute Gasteiger partial charge is 0.375 e. The molecule has 0 amide bonds. The number of allylic oxidation sites excluding steroid dienone is 4. The lowest BCUT2D eigenvalue weighted by Crippen LogP contribution is -2.74. The molecule has 0 radical (unpaired) electrons. The zero-order valence-electron chi connectivity index (χ0n) is 44.4. The summed E-state index contributed by atoms with van der Waals surface area (Å²) in [5.41, 5.74) is 0.970. The number of aromatic nitrogens is 1. The Labute approximate surface area is 445 Å². The van der Waals surface area contributed by atoms with E-state index in [4.69, 9.17) is 23.7 Å². The maximum atomic E-state index is 14.7. The van der Waals surface area contributed by atoms with Gasteiger partial charge in [-0.25, -0.2) is 4.79 Å². The van der Waals surface area contributed by atoms with Crippen LogP contribution in [0.5, 0.6) is 17.2 Å². The third-order valence-corrected chi connectivity index (χ3v) is 18.5. The molecule has 7 aliphatic rings. The first-order valence-electron chi connectivity index (χ1n) is 28.1. The van der Waals surface area contributed by atoms with Crippen molar-refractivity contribution in [3.8, 4) is 17.2 Å². The number of hydrogen-bond donors (Lipinski definition) is 7. The van der Waals surface area contributed by atoms with Crippen LogP contribution in [-0.2, 0) is 43.3 Å². The van der Waals surface area contributed by atoms with Crippen LogP contribution in [0.1, 0.15) is 118 Å². The Hall–Kier alpha value is -4.91. The lowest BCUT2D eigenvalue weighted by atomic mass is 9.46. The number of fused-ring (bicyclic) bond motifs is 11. The SMILES string of the molecule is CCCCC[C@H](O)[C@@H]1C[C@@H]2CN(CCCOC)CC[C@@H]2[C@]2(O)[C@H]1[C@H](CCO)C=C[C@]21Cc2c(c(CO)c3c4c2OC[C@@H](CO)CCc2cc5[nH]ccc5cc2[C@@H]2CC(=C4C(C=O)=C(C(=O)OCC)O3)C[C@@H](CO)C2=O)O1. The first kappa shape index (κ1) is 54.4. The van der Waals surface area contributed by atoms with Crippen molar-refractivity contribution in [3.05, 3.63) is 81.3 Å². The van der Waals surface area contributed by atoms with Gasteiger partial charge < -0.3 is 64.2 Å². The van der Waals surface area contributed by atoms with Gasteiger partial charge in [-0.1, -0.05) is 37.8 Å². The summed E-state index contributed by atoms with van der Waals surface area (Å²) in [5, 5.41) is 72.5. The van der Waals surface area contributed by atoms with E-state index in [1.165, 1.54) is 0 Å². The highest BCUT2D eigenvalue weighted by Gasteiger charge is 2.70. The van der Waals surface area contributed by atoms with Crippen molar-refractivity contribution < 1.29 is 68.7 Å². The molecule has 0 unspecified atom stereocenters. The van der Waals surface area contributed by atoms with E-state index in [2.05, 4.69) is 16.8 Å². The molecule has 3 aromatic rings. The Morgan fingerprint density at radius 3 is 2.63 bits per heavy atom. The first-order chi connectivity index (χ1) is 36.9. The number of aldehydes is 1. The molecule has 11 atom stereocenters. The molecule has 2 saturated carbocycles. The Morgan fingerprint density at radius 2 is 1.89 bits per heavy atom. The second-order valence-corrected chi connectivity index (χ2v) is 22.7. The average molecular weight is 1050 g/mol. The normalized spacial score (nSPS) is 30.4. The maximum Gasteiger partial charge on any atom is 0.375 e. The summed E-state index contributed by atoms with van der Waals surface area (Å²) < 4.78 is 32.2.